The molecule has 5 nitrogen and oxygen atoms in total. The minimum Gasteiger partial charge on any atom is -0.439 e. The molecule has 0 saturated carbocycles. The summed E-state index contributed by atoms with van der Waals surface area (Å²) in [6, 6.07) is 10.3. The maximum Gasteiger partial charge on any atom is 0.219 e. The van der Waals surface area contributed by atoms with Crippen molar-refractivity contribution < 1.29 is 9.47 Å². The average molecular weight is 367 g/mol. The van der Waals surface area contributed by atoms with E-state index in [1.165, 1.54) is 11.1 Å². The summed E-state index contributed by atoms with van der Waals surface area (Å²) in [6.45, 7) is 11.3. The van der Waals surface area contributed by atoms with Crippen LogP contribution in [0.15, 0.2) is 36.5 Å². The SMILES string of the molecule is CCC1(CC)OCc2ccc(Oc3ccc(N4CNC(C)(C)C4)cn3)cc21. The van der Waals surface area contributed by atoms with Crippen LogP contribution in [0.3, 0.4) is 0 Å². The first-order valence-corrected chi connectivity index (χ1v) is 9.86. The predicted octanol–water partition coefficient (Wildman–Crippen LogP) is 4.57. The number of pyridine rings is 1. The number of nitrogens with one attached hydrogen (secondary N) is 1. The fourth-order valence-corrected chi connectivity index (χ4v) is 4.12. The molecule has 2 aliphatic heterocycles. The fraction of sp³-hybridized carbons (Fsp3) is 0.500. The lowest BCUT2D eigenvalue weighted by molar-refractivity contribution is -0.0440. The molecule has 5 heteroatoms. The lowest BCUT2D eigenvalue weighted by atomic mass is 9.87. The van der Waals surface area contributed by atoms with Gasteiger partial charge in [0.15, 0.2) is 0 Å². The van der Waals surface area contributed by atoms with Crippen molar-refractivity contribution >= 4 is 5.69 Å². The molecule has 2 aromatic rings. The molecule has 4 rings (SSSR count). The van der Waals surface area contributed by atoms with E-state index in [0.29, 0.717) is 12.5 Å². The highest BCUT2D eigenvalue weighted by Gasteiger charge is 2.37. The van der Waals surface area contributed by atoms with Gasteiger partial charge >= 0.3 is 0 Å². The maximum absolute atomic E-state index is 6.12. The van der Waals surface area contributed by atoms with Gasteiger partial charge in [-0.2, -0.15) is 0 Å². The number of ether oxygens (including phenoxy) is 2. The van der Waals surface area contributed by atoms with E-state index in [1.54, 1.807) is 0 Å². The number of anilines is 1. The molecule has 0 aliphatic carbocycles. The molecule has 2 aliphatic rings. The molecule has 0 bridgehead atoms. The molecule has 1 saturated heterocycles. The van der Waals surface area contributed by atoms with Crippen LogP contribution in [0.25, 0.3) is 0 Å². The summed E-state index contributed by atoms with van der Waals surface area (Å²) in [5.74, 6) is 1.43. The molecule has 0 spiro atoms. The van der Waals surface area contributed by atoms with Crippen LogP contribution in [0.4, 0.5) is 5.69 Å². The second-order valence-electron chi connectivity index (χ2n) is 8.18. The van der Waals surface area contributed by atoms with E-state index in [9.17, 15) is 0 Å². The van der Waals surface area contributed by atoms with Crippen LogP contribution in [0.5, 0.6) is 11.6 Å². The monoisotopic (exact) mass is 367 g/mol. The Hall–Kier alpha value is -2.11. The molecule has 1 aromatic carbocycles. The second kappa shape index (κ2) is 6.80. The summed E-state index contributed by atoms with van der Waals surface area (Å²) in [7, 11) is 0. The first-order valence-electron chi connectivity index (χ1n) is 9.86. The highest BCUT2D eigenvalue weighted by molar-refractivity contribution is 5.48. The lowest BCUT2D eigenvalue weighted by Crippen LogP contribution is -2.34. The number of hydrogen-bond acceptors (Lipinski definition) is 5. The van der Waals surface area contributed by atoms with Gasteiger partial charge in [0.2, 0.25) is 5.88 Å². The summed E-state index contributed by atoms with van der Waals surface area (Å²) in [5.41, 5.74) is 3.58. The smallest absolute Gasteiger partial charge is 0.219 e. The van der Waals surface area contributed by atoms with Gasteiger partial charge in [-0.05, 0) is 56.0 Å². The van der Waals surface area contributed by atoms with Crippen molar-refractivity contribution in [3.8, 4) is 11.6 Å². The first kappa shape index (κ1) is 18.3. The number of nitrogens with zero attached hydrogens (tertiary/aromatic N) is 2. The van der Waals surface area contributed by atoms with Crippen molar-refractivity contribution in [2.24, 2.45) is 0 Å². The molecule has 1 aromatic heterocycles. The summed E-state index contributed by atoms with van der Waals surface area (Å²) >= 11 is 0. The summed E-state index contributed by atoms with van der Waals surface area (Å²) in [4.78, 5) is 6.81. The normalized spacial score (nSPS) is 19.9. The Morgan fingerprint density at radius 2 is 2.00 bits per heavy atom. The van der Waals surface area contributed by atoms with E-state index >= 15 is 0 Å². The van der Waals surface area contributed by atoms with Crippen molar-refractivity contribution in [3.63, 3.8) is 0 Å². The fourth-order valence-electron chi connectivity index (χ4n) is 4.12. The molecule has 0 radical (unpaired) electrons. The Bertz CT molecular complexity index is 813. The maximum atomic E-state index is 6.12. The number of hydrogen-bond donors (Lipinski definition) is 1. The van der Waals surface area contributed by atoms with Gasteiger partial charge in [-0.3, -0.25) is 5.32 Å². The van der Waals surface area contributed by atoms with E-state index in [4.69, 9.17) is 9.47 Å². The zero-order chi connectivity index (χ0) is 19.1. The van der Waals surface area contributed by atoms with Crippen LogP contribution < -0.4 is 15.0 Å². The van der Waals surface area contributed by atoms with Crippen molar-refractivity contribution in [2.75, 3.05) is 18.1 Å². The highest BCUT2D eigenvalue weighted by Crippen LogP contribution is 2.43. The molecule has 27 heavy (non-hydrogen) atoms. The van der Waals surface area contributed by atoms with Gasteiger partial charge in [-0.25, -0.2) is 4.98 Å². The minimum atomic E-state index is -0.179. The van der Waals surface area contributed by atoms with E-state index in [1.807, 2.05) is 18.3 Å². The summed E-state index contributed by atoms with van der Waals surface area (Å²) in [6.07, 6.45) is 3.82. The van der Waals surface area contributed by atoms with Gasteiger partial charge in [0.25, 0.3) is 0 Å². The predicted molar refractivity (Wildman–Crippen MR) is 107 cm³/mol. The lowest BCUT2D eigenvalue weighted by Gasteiger charge is -2.27. The zero-order valence-electron chi connectivity index (χ0n) is 16.7. The number of fused-ring (bicyclic) bond motifs is 1. The van der Waals surface area contributed by atoms with E-state index < -0.39 is 0 Å². The quantitative estimate of drug-likeness (QED) is 0.839. The van der Waals surface area contributed by atoms with Gasteiger partial charge in [-0.15, -0.1) is 0 Å². The standard InChI is InChI=1S/C22H29N3O2/c1-5-22(6-2)19-11-18(9-7-16(19)13-26-22)27-20-10-8-17(12-23-20)25-14-21(3,4)24-15-25/h7-12,24H,5-6,13-15H2,1-4H3. The van der Waals surface area contributed by atoms with Gasteiger partial charge in [0.1, 0.15) is 5.75 Å². The van der Waals surface area contributed by atoms with Crippen molar-refractivity contribution in [1.82, 2.24) is 10.3 Å². The Morgan fingerprint density at radius 3 is 2.63 bits per heavy atom. The van der Waals surface area contributed by atoms with Crippen LogP contribution in [-0.2, 0) is 16.9 Å². The first-order chi connectivity index (χ1) is 12.9. The summed E-state index contributed by atoms with van der Waals surface area (Å²) < 4.78 is 12.2. The Kier molecular flexibility index (Phi) is 4.60. The zero-order valence-corrected chi connectivity index (χ0v) is 16.7. The molecule has 0 atom stereocenters. The van der Waals surface area contributed by atoms with Crippen molar-refractivity contribution in [1.29, 1.82) is 0 Å². The van der Waals surface area contributed by atoms with E-state index in [0.717, 1.165) is 37.5 Å². The van der Waals surface area contributed by atoms with Gasteiger partial charge in [-0.1, -0.05) is 19.9 Å². The third-order valence-electron chi connectivity index (χ3n) is 5.86. The minimum absolute atomic E-state index is 0.132. The Labute approximate surface area is 161 Å². The average Bonchev–Trinajstić information content (AvgIpc) is 3.22. The molecular weight excluding hydrogens is 338 g/mol. The molecule has 1 N–H and O–H groups in total. The Balaban J connectivity index is 1.50. The largest absolute Gasteiger partial charge is 0.439 e. The third kappa shape index (κ3) is 3.42. The number of rotatable bonds is 5. The Morgan fingerprint density at radius 1 is 1.19 bits per heavy atom. The van der Waals surface area contributed by atoms with Gasteiger partial charge in [0.05, 0.1) is 30.8 Å². The third-order valence-corrected chi connectivity index (χ3v) is 5.86. The van der Waals surface area contributed by atoms with Gasteiger partial charge < -0.3 is 14.4 Å². The topological polar surface area (TPSA) is 46.6 Å². The van der Waals surface area contributed by atoms with Gasteiger partial charge in [0, 0.05) is 18.2 Å². The van der Waals surface area contributed by atoms with Crippen LogP contribution >= 0.6 is 0 Å². The van der Waals surface area contributed by atoms with Crippen LogP contribution in [-0.4, -0.2) is 23.7 Å². The van der Waals surface area contributed by atoms with Crippen LogP contribution in [0.1, 0.15) is 51.7 Å². The molecular formula is C22H29N3O2. The van der Waals surface area contributed by atoms with Crippen molar-refractivity contribution in [2.45, 2.75) is 58.3 Å². The summed E-state index contributed by atoms with van der Waals surface area (Å²) in [5, 5.41) is 3.50. The molecule has 144 valence electrons. The molecule has 3 heterocycles. The molecule has 0 amide bonds. The number of benzene rings is 1. The molecule has 0 unspecified atom stereocenters. The van der Waals surface area contributed by atoms with Crippen LogP contribution in [0.2, 0.25) is 0 Å². The molecule has 1 fully saturated rings. The number of aromatic nitrogens is 1. The van der Waals surface area contributed by atoms with Crippen molar-refractivity contribution in [3.05, 3.63) is 47.7 Å². The highest BCUT2D eigenvalue weighted by atomic mass is 16.5. The second-order valence-corrected chi connectivity index (χ2v) is 8.18. The van der Waals surface area contributed by atoms with Crippen LogP contribution in [0, 0.1) is 0 Å². The van der Waals surface area contributed by atoms with E-state index in [-0.39, 0.29) is 11.1 Å². The van der Waals surface area contributed by atoms with E-state index in [2.05, 4.69) is 61.1 Å².